The molecule has 1 saturated carbocycles. The second-order valence-electron chi connectivity index (χ2n) is 12.4. The highest BCUT2D eigenvalue weighted by molar-refractivity contribution is 6.77. The van der Waals surface area contributed by atoms with Crippen molar-refractivity contribution in [3.8, 4) is 0 Å². The molecular formula is C29H48O2Si. The molecule has 3 fully saturated rings. The SMILES string of the molecule is CC(C)[Si](O[C@@H]1[C@@H](CCc2ccccc2)[C@]2(C)CC[C@@H](O2)C12CCCC2)(C(C)C)C(C)C. The summed E-state index contributed by atoms with van der Waals surface area (Å²) in [6.45, 7) is 17.1. The van der Waals surface area contributed by atoms with E-state index in [1.54, 1.807) is 0 Å². The zero-order chi connectivity index (χ0) is 23.1. The highest BCUT2D eigenvalue weighted by Crippen LogP contribution is 2.62. The lowest BCUT2D eigenvalue weighted by Gasteiger charge is -2.58. The fourth-order valence-electron chi connectivity index (χ4n) is 8.33. The smallest absolute Gasteiger partial charge is 0.200 e. The molecule has 1 aromatic rings. The summed E-state index contributed by atoms with van der Waals surface area (Å²) in [6.07, 6.45) is 10.8. The van der Waals surface area contributed by atoms with Crippen molar-refractivity contribution in [2.24, 2.45) is 11.3 Å². The van der Waals surface area contributed by atoms with Crippen LogP contribution in [0.4, 0.5) is 0 Å². The van der Waals surface area contributed by atoms with Gasteiger partial charge in [-0.05, 0) is 67.6 Å². The van der Waals surface area contributed by atoms with Gasteiger partial charge in [0.25, 0.3) is 0 Å². The Bertz CT molecular complexity index is 730. The van der Waals surface area contributed by atoms with Crippen LogP contribution in [0.2, 0.25) is 16.6 Å². The number of ether oxygens (including phenoxy) is 1. The number of hydrogen-bond donors (Lipinski definition) is 0. The van der Waals surface area contributed by atoms with Crippen molar-refractivity contribution in [3.05, 3.63) is 35.9 Å². The number of benzene rings is 1. The first-order valence-electron chi connectivity index (χ1n) is 13.6. The Hall–Kier alpha value is -0.643. The summed E-state index contributed by atoms with van der Waals surface area (Å²) in [4.78, 5) is 0. The van der Waals surface area contributed by atoms with Gasteiger partial charge in [0.1, 0.15) is 0 Å². The summed E-state index contributed by atoms with van der Waals surface area (Å²) >= 11 is 0. The minimum Gasteiger partial charge on any atom is -0.412 e. The summed E-state index contributed by atoms with van der Waals surface area (Å²) in [6, 6.07) is 11.1. The quantitative estimate of drug-likeness (QED) is 0.366. The first-order valence-corrected chi connectivity index (χ1v) is 15.7. The molecule has 2 heterocycles. The van der Waals surface area contributed by atoms with Gasteiger partial charge in [-0.1, -0.05) is 84.7 Å². The highest BCUT2D eigenvalue weighted by Gasteiger charge is 2.65. The van der Waals surface area contributed by atoms with Crippen LogP contribution < -0.4 is 0 Å². The van der Waals surface area contributed by atoms with Crippen molar-refractivity contribution >= 4 is 8.32 Å². The van der Waals surface area contributed by atoms with Gasteiger partial charge in [0.15, 0.2) is 0 Å². The Balaban J connectivity index is 1.74. The number of aryl methyl sites for hydroxylation is 1. The molecule has 3 aliphatic rings. The molecule has 32 heavy (non-hydrogen) atoms. The third-order valence-corrected chi connectivity index (χ3v) is 15.9. The van der Waals surface area contributed by atoms with Gasteiger partial charge in [0.2, 0.25) is 8.32 Å². The summed E-state index contributed by atoms with van der Waals surface area (Å²) in [5.74, 6) is 0.489. The topological polar surface area (TPSA) is 18.5 Å². The average Bonchev–Trinajstić information content (AvgIpc) is 3.36. The zero-order valence-corrected chi connectivity index (χ0v) is 22.8. The first kappa shape index (κ1) is 24.5. The van der Waals surface area contributed by atoms with Crippen molar-refractivity contribution in [1.82, 2.24) is 0 Å². The molecule has 2 nitrogen and oxygen atoms in total. The summed E-state index contributed by atoms with van der Waals surface area (Å²) in [5, 5.41) is 0. The Morgan fingerprint density at radius 2 is 1.53 bits per heavy atom. The third kappa shape index (κ3) is 3.94. The lowest BCUT2D eigenvalue weighted by atomic mass is 9.66. The van der Waals surface area contributed by atoms with E-state index in [0.717, 1.165) is 6.42 Å². The fourth-order valence-corrected chi connectivity index (χ4v) is 14.0. The predicted octanol–water partition coefficient (Wildman–Crippen LogP) is 8.31. The van der Waals surface area contributed by atoms with E-state index in [4.69, 9.17) is 9.16 Å². The second-order valence-corrected chi connectivity index (χ2v) is 17.8. The monoisotopic (exact) mass is 456 g/mol. The van der Waals surface area contributed by atoms with Gasteiger partial charge in [-0.15, -0.1) is 0 Å². The molecule has 2 aliphatic heterocycles. The van der Waals surface area contributed by atoms with Gasteiger partial charge in [-0.25, -0.2) is 0 Å². The van der Waals surface area contributed by atoms with Gasteiger partial charge >= 0.3 is 0 Å². The first-order chi connectivity index (χ1) is 15.2. The minimum absolute atomic E-state index is 0.0248. The molecule has 0 aromatic heterocycles. The maximum Gasteiger partial charge on any atom is 0.200 e. The zero-order valence-electron chi connectivity index (χ0n) is 21.8. The summed E-state index contributed by atoms with van der Waals surface area (Å²) in [5.41, 5.74) is 3.56. The molecule has 0 N–H and O–H groups in total. The molecular weight excluding hydrogens is 408 g/mol. The molecule has 4 atom stereocenters. The van der Waals surface area contributed by atoms with Gasteiger partial charge in [0, 0.05) is 11.3 Å². The second kappa shape index (κ2) is 9.19. The molecule has 4 rings (SSSR count). The van der Waals surface area contributed by atoms with Crippen LogP contribution >= 0.6 is 0 Å². The Morgan fingerprint density at radius 1 is 0.938 bits per heavy atom. The van der Waals surface area contributed by atoms with Crippen LogP contribution in [0.15, 0.2) is 30.3 Å². The Kier molecular flexibility index (Phi) is 7.03. The van der Waals surface area contributed by atoms with Crippen molar-refractivity contribution in [2.75, 3.05) is 0 Å². The van der Waals surface area contributed by atoms with E-state index in [0.29, 0.717) is 34.7 Å². The van der Waals surface area contributed by atoms with Gasteiger partial charge < -0.3 is 9.16 Å². The molecule has 180 valence electrons. The Morgan fingerprint density at radius 3 is 2.09 bits per heavy atom. The van der Waals surface area contributed by atoms with Crippen LogP contribution in [0.5, 0.6) is 0 Å². The van der Waals surface area contributed by atoms with Crippen LogP contribution in [0.1, 0.15) is 99.0 Å². The summed E-state index contributed by atoms with van der Waals surface area (Å²) < 4.78 is 14.8. The molecule has 1 spiro atoms. The van der Waals surface area contributed by atoms with E-state index in [1.165, 1.54) is 50.5 Å². The lowest BCUT2D eigenvalue weighted by molar-refractivity contribution is -0.221. The Labute approximate surface area is 199 Å². The van der Waals surface area contributed by atoms with E-state index in [1.807, 2.05) is 0 Å². The van der Waals surface area contributed by atoms with Crippen LogP contribution in [-0.4, -0.2) is 26.1 Å². The van der Waals surface area contributed by atoms with Gasteiger partial charge in [0.05, 0.1) is 17.8 Å². The lowest BCUT2D eigenvalue weighted by Crippen LogP contribution is -2.63. The summed E-state index contributed by atoms with van der Waals surface area (Å²) in [7, 11) is -1.98. The maximum absolute atomic E-state index is 7.81. The normalized spacial score (nSPS) is 32.0. The largest absolute Gasteiger partial charge is 0.412 e. The predicted molar refractivity (Wildman–Crippen MR) is 138 cm³/mol. The fraction of sp³-hybridized carbons (Fsp3) is 0.793. The van der Waals surface area contributed by atoms with Crippen LogP contribution in [0, 0.1) is 11.3 Å². The molecule has 1 aliphatic carbocycles. The van der Waals surface area contributed by atoms with E-state index in [-0.39, 0.29) is 11.0 Å². The molecule has 2 saturated heterocycles. The number of rotatable bonds is 8. The minimum atomic E-state index is -1.98. The third-order valence-electron chi connectivity index (χ3n) is 9.83. The molecule has 0 amide bonds. The molecule has 0 radical (unpaired) electrons. The van der Waals surface area contributed by atoms with Crippen molar-refractivity contribution in [2.45, 2.75) is 134 Å². The van der Waals surface area contributed by atoms with Crippen LogP contribution in [0.3, 0.4) is 0 Å². The van der Waals surface area contributed by atoms with Gasteiger partial charge in [-0.2, -0.15) is 0 Å². The molecule has 2 bridgehead atoms. The highest BCUT2D eigenvalue weighted by atomic mass is 28.4. The van der Waals surface area contributed by atoms with E-state index < -0.39 is 8.32 Å². The van der Waals surface area contributed by atoms with Crippen LogP contribution in [-0.2, 0) is 15.6 Å². The van der Waals surface area contributed by atoms with E-state index in [2.05, 4.69) is 78.8 Å². The van der Waals surface area contributed by atoms with Crippen LogP contribution in [0.25, 0.3) is 0 Å². The maximum atomic E-state index is 7.81. The number of fused-ring (bicyclic) bond motifs is 3. The molecule has 1 aromatic carbocycles. The van der Waals surface area contributed by atoms with Gasteiger partial charge in [-0.3, -0.25) is 0 Å². The number of hydrogen-bond acceptors (Lipinski definition) is 2. The van der Waals surface area contributed by atoms with E-state index >= 15 is 0 Å². The average molecular weight is 457 g/mol. The van der Waals surface area contributed by atoms with Crippen molar-refractivity contribution in [3.63, 3.8) is 0 Å². The molecule has 0 unspecified atom stereocenters. The van der Waals surface area contributed by atoms with Crippen molar-refractivity contribution in [1.29, 1.82) is 0 Å². The molecule has 3 heteroatoms. The van der Waals surface area contributed by atoms with E-state index in [9.17, 15) is 0 Å². The van der Waals surface area contributed by atoms with Crippen molar-refractivity contribution < 1.29 is 9.16 Å². The standard InChI is InChI=1S/C29H48O2Si/c1-21(2)32(22(3)4,23(5)6)31-27-25(16-15-24-13-9-8-10-14-24)28(7)20-17-26(30-28)29(27)18-11-12-19-29/h8-10,13-14,21-23,25-27H,11-12,15-20H2,1-7H3/t25-,26-,27-,28+/m1/s1.